The van der Waals surface area contributed by atoms with Crippen LogP contribution in [0.25, 0.3) is 11.0 Å². The van der Waals surface area contributed by atoms with Gasteiger partial charge >= 0.3 is 0 Å². The van der Waals surface area contributed by atoms with Gasteiger partial charge in [0.05, 0.1) is 11.0 Å². The molecule has 0 saturated carbocycles. The summed E-state index contributed by atoms with van der Waals surface area (Å²) in [4.78, 5) is 18.4. The summed E-state index contributed by atoms with van der Waals surface area (Å²) in [5.74, 6) is 0.183. The van der Waals surface area contributed by atoms with E-state index in [-0.39, 0.29) is 17.6 Å². The largest absolute Gasteiger partial charge is 0.468 e. The average molecular weight is 223 g/mol. The molecule has 0 N–H and O–H groups in total. The highest BCUT2D eigenvalue weighted by molar-refractivity contribution is 6.31. The quantitative estimate of drug-likeness (QED) is 0.744. The summed E-state index contributed by atoms with van der Waals surface area (Å²) in [6.07, 6.45) is 0.632. The summed E-state index contributed by atoms with van der Waals surface area (Å²) in [7, 11) is 0. The highest BCUT2D eigenvalue weighted by Gasteiger charge is 2.06. The molecule has 15 heavy (non-hydrogen) atoms. The summed E-state index contributed by atoms with van der Waals surface area (Å²) in [5, 5.41) is 0.163. The minimum absolute atomic E-state index is 0.0766. The van der Waals surface area contributed by atoms with Gasteiger partial charge in [0.2, 0.25) is 0 Å². The van der Waals surface area contributed by atoms with E-state index in [0.717, 1.165) is 0 Å². The molecule has 0 unspecified atom stereocenters. The number of aromatic nitrogens is 2. The number of halogens is 1. The Hall–Kier alpha value is -1.68. The average Bonchev–Trinajstić information content (AvgIpc) is 2.26. The van der Waals surface area contributed by atoms with Gasteiger partial charge in [0.25, 0.3) is 5.88 Å². The van der Waals surface area contributed by atoms with Crippen molar-refractivity contribution in [1.29, 1.82) is 0 Å². The summed E-state index contributed by atoms with van der Waals surface area (Å²) >= 11 is 5.82. The Morgan fingerprint density at radius 1 is 1.27 bits per heavy atom. The maximum Gasteiger partial charge on any atom is 0.253 e. The molecule has 2 aromatic rings. The molecule has 0 aliphatic rings. The summed E-state index contributed by atoms with van der Waals surface area (Å²) in [6, 6.07) is 7.29. The van der Waals surface area contributed by atoms with E-state index in [9.17, 15) is 4.79 Å². The van der Waals surface area contributed by atoms with Gasteiger partial charge in [-0.3, -0.25) is 4.79 Å². The van der Waals surface area contributed by atoms with Gasteiger partial charge < -0.3 is 4.74 Å². The van der Waals surface area contributed by atoms with Crippen LogP contribution in [0.1, 0.15) is 0 Å². The van der Waals surface area contributed by atoms with Crippen molar-refractivity contribution in [2.45, 2.75) is 0 Å². The van der Waals surface area contributed by atoms with Gasteiger partial charge in [-0.2, -0.15) is 0 Å². The molecule has 0 radical (unpaired) electrons. The number of nitrogens with zero attached hydrogens (tertiary/aromatic N) is 2. The fourth-order valence-corrected chi connectivity index (χ4v) is 1.35. The second-order valence-corrected chi connectivity index (χ2v) is 3.14. The Kier molecular flexibility index (Phi) is 2.78. The van der Waals surface area contributed by atoms with E-state index in [1.54, 1.807) is 12.1 Å². The lowest BCUT2D eigenvalue weighted by atomic mass is 10.3. The van der Waals surface area contributed by atoms with E-state index in [4.69, 9.17) is 16.3 Å². The number of carbonyl (C=O) groups is 1. The first-order chi connectivity index (χ1) is 7.31. The minimum atomic E-state index is -0.0766. The first kappa shape index (κ1) is 9.86. The lowest BCUT2D eigenvalue weighted by Crippen LogP contribution is -2.01. The number of hydrogen-bond acceptors (Lipinski definition) is 4. The van der Waals surface area contributed by atoms with Crippen LogP contribution in [0.3, 0.4) is 0 Å². The van der Waals surface area contributed by atoms with Gasteiger partial charge in [-0.15, -0.1) is 0 Å². The fourth-order valence-electron chi connectivity index (χ4n) is 1.17. The first-order valence-electron chi connectivity index (χ1n) is 4.30. The SMILES string of the molecule is O=CCOc1nc2ccccc2nc1Cl. The van der Waals surface area contributed by atoms with Crippen molar-refractivity contribution < 1.29 is 9.53 Å². The van der Waals surface area contributed by atoms with Crippen molar-refractivity contribution in [3.05, 3.63) is 29.4 Å². The normalized spacial score (nSPS) is 10.2. The van der Waals surface area contributed by atoms with Gasteiger partial charge in [-0.25, -0.2) is 9.97 Å². The molecular formula is C10H7ClN2O2. The number of benzene rings is 1. The van der Waals surface area contributed by atoms with Crippen molar-refractivity contribution in [2.75, 3.05) is 6.61 Å². The smallest absolute Gasteiger partial charge is 0.253 e. The van der Waals surface area contributed by atoms with Crippen molar-refractivity contribution in [2.24, 2.45) is 0 Å². The van der Waals surface area contributed by atoms with E-state index in [2.05, 4.69) is 9.97 Å². The van der Waals surface area contributed by atoms with Crippen molar-refractivity contribution in [3.63, 3.8) is 0 Å². The number of hydrogen-bond donors (Lipinski definition) is 0. The maximum absolute atomic E-state index is 10.1. The number of fused-ring (bicyclic) bond motifs is 1. The predicted octanol–water partition coefficient (Wildman–Crippen LogP) is 1.86. The van der Waals surface area contributed by atoms with Gasteiger partial charge in [0, 0.05) is 0 Å². The molecule has 1 aromatic carbocycles. The van der Waals surface area contributed by atoms with Crippen LogP contribution in [0, 0.1) is 0 Å². The zero-order chi connectivity index (χ0) is 10.7. The first-order valence-corrected chi connectivity index (χ1v) is 4.68. The number of para-hydroxylation sites is 2. The van der Waals surface area contributed by atoms with Crippen LogP contribution in [0.15, 0.2) is 24.3 Å². The highest BCUT2D eigenvalue weighted by Crippen LogP contribution is 2.22. The van der Waals surface area contributed by atoms with Crippen molar-refractivity contribution in [3.8, 4) is 5.88 Å². The van der Waals surface area contributed by atoms with Crippen LogP contribution >= 0.6 is 11.6 Å². The molecule has 0 amide bonds. The number of rotatable bonds is 3. The number of ether oxygens (including phenoxy) is 1. The topological polar surface area (TPSA) is 52.1 Å². The molecule has 0 bridgehead atoms. The molecule has 0 aliphatic heterocycles. The van der Waals surface area contributed by atoms with Gasteiger partial charge in [-0.05, 0) is 12.1 Å². The molecule has 2 rings (SSSR count). The monoisotopic (exact) mass is 222 g/mol. The summed E-state index contributed by atoms with van der Waals surface area (Å²) in [5.41, 5.74) is 1.38. The maximum atomic E-state index is 10.1. The van der Waals surface area contributed by atoms with Gasteiger partial charge in [0.1, 0.15) is 6.61 Å². The van der Waals surface area contributed by atoms with Crippen LogP contribution < -0.4 is 4.74 Å². The molecule has 1 heterocycles. The standard InChI is InChI=1S/C10H7ClN2O2/c11-9-10(15-6-5-14)13-8-4-2-1-3-7(8)12-9/h1-5H,6H2. The van der Waals surface area contributed by atoms with Crippen LogP contribution in [-0.4, -0.2) is 22.9 Å². The zero-order valence-electron chi connectivity index (χ0n) is 7.68. The Morgan fingerprint density at radius 3 is 2.60 bits per heavy atom. The van der Waals surface area contributed by atoms with Gasteiger partial charge in [-0.1, -0.05) is 23.7 Å². The number of aldehydes is 1. The third-order valence-electron chi connectivity index (χ3n) is 1.79. The molecule has 76 valence electrons. The molecule has 0 aliphatic carbocycles. The Labute approximate surface area is 90.9 Å². The zero-order valence-corrected chi connectivity index (χ0v) is 8.44. The van der Waals surface area contributed by atoms with E-state index >= 15 is 0 Å². The predicted molar refractivity (Wildman–Crippen MR) is 56.1 cm³/mol. The summed E-state index contributed by atoms with van der Waals surface area (Å²) in [6.45, 7) is -0.0766. The number of carbonyl (C=O) groups excluding carboxylic acids is 1. The van der Waals surface area contributed by atoms with Crippen LogP contribution in [-0.2, 0) is 4.79 Å². The van der Waals surface area contributed by atoms with Crippen molar-refractivity contribution in [1.82, 2.24) is 9.97 Å². The lowest BCUT2D eigenvalue weighted by molar-refractivity contribution is -0.109. The molecule has 0 fully saturated rings. The summed E-state index contributed by atoms with van der Waals surface area (Å²) < 4.78 is 5.02. The molecule has 0 spiro atoms. The second-order valence-electron chi connectivity index (χ2n) is 2.79. The minimum Gasteiger partial charge on any atom is -0.468 e. The molecular weight excluding hydrogens is 216 g/mol. The van der Waals surface area contributed by atoms with Crippen LogP contribution in [0.2, 0.25) is 5.15 Å². The van der Waals surface area contributed by atoms with Crippen LogP contribution in [0.5, 0.6) is 5.88 Å². The highest BCUT2D eigenvalue weighted by atomic mass is 35.5. The fraction of sp³-hybridized carbons (Fsp3) is 0.100. The van der Waals surface area contributed by atoms with E-state index in [0.29, 0.717) is 17.3 Å². The third kappa shape index (κ3) is 2.05. The Morgan fingerprint density at radius 2 is 1.93 bits per heavy atom. The van der Waals surface area contributed by atoms with E-state index in [1.165, 1.54) is 0 Å². The molecule has 4 nitrogen and oxygen atoms in total. The molecule has 0 saturated heterocycles. The van der Waals surface area contributed by atoms with E-state index in [1.807, 2.05) is 12.1 Å². The molecule has 1 aromatic heterocycles. The Balaban J connectivity index is 2.47. The lowest BCUT2D eigenvalue weighted by Gasteiger charge is -2.04. The second kappa shape index (κ2) is 4.23. The van der Waals surface area contributed by atoms with Gasteiger partial charge in [0.15, 0.2) is 11.4 Å². The Bertz CT molecular complexity index is 502. The van der Waals surface area contributed by atoms with Crippen molar-refractivity contribution >= 4 is 28.9 Å². The molecule has 5 heteroatoms. The van der Waals surface area contributed by atoms with E-state index < -0.39 is 0 Å². The van der Waals surface area contributed by atoms with Crippen LogP contribution in [0.4, 0.5) is 0 Å². The molecule has 0 atom stereocenters. The third-order valence-corrected chi connectivity index (χ3v) is 2.03.